The summed E-state index contributed by atoms with van der Waals surface area (Å²) in [5.41, 5.74) is 2.40. The van der Waals surface area contributed by atoms with Gasteiger partial charge >= 0.3 is 0 Å². The van der Waals surface area contributed by atoms with E-state index in [1.165, 1.54) is 16.0 Å². The number of carbonyl (C=O) groups is 1. The van der Waals surface area contributed by atoms with Crippen molar-refractivity contribution in [3.63, 3.8) is 0 Å². The van der Waals surface area contributed by atoms with Crippen LogP contribution in [0.4, 0.5) is 5.69 Å². The standard InChI is InChI=1S/C16H15BrN4O2S/c1-9-8-24-16(18-9)21-15(23)13(10(2)20-21)7-14(22)19-12-5-3-11(17)4-6-12/h3-6,8,20H,7H2,1-2H3,(H,19,22). The molecule has 2 aromatic heterocycles. The number of thiazole rings is 1. The smallest absolute Gasteiger partial charge is 0.277 e. The maximum absolute atomic E-state index is 12.5. The van der Waals surface area contributed by atoms with Gasteiger partial charge in [0, 0.05) is 26.8 Å². The summed E-state index contributed by atoms with van der Waals surface area (Å²) in [6.07, 6.45) is 0.00852. The molecule has 3 rings (SSSR count). The fourth-order valence-electron chi connectivity index (χ4n) is 2.27. The summed E-state index contributed by atoms with van der Waals surface area (Å²) in [6.45, 7) is 3.65. The number of benzene rings is 1. The number of nitrogens with one attached hydrogen (secondary N) is 2. The van der Waals surface area contributed by atoms with Crippen molar-refractivity contribution in [3.8, 4) is 5.13 Å². The third-order valence-corrected chi connectivity index (χ3v) is 4.93. The van der Waals surface area contributed by atoms with Crippen LogP contribution in [0.2, 0.25) is 0 Å². The van der Waals surface area contributed by atoms with E-state index in [0.29, 0.717) is 22.1 Å². The van der Waals surface area contributed by atoms with Crippen molar-refractivity contribution in [2.75, 3.05) is 5.32 Å². The number of carbonyl (C=O) groups excluding carboxylic acids is 1. The summed E-state index contributed by atoms with van der Waals surface area (Å²) in [6, 6.07) is 7.27. The molecule has 0 aliphatic carbocycles. The molecule has 0 atom stereocenters. The van der Waals surface area contributed by atoms with E-state index < -0.39 is 0 Å². The molecule has 1 amide bonds. The van der Waals surface area contributed by atoms with E-state index in [1.807, 2.05) is 24.4 Å². The van der Waals surface area contributed by atoms with Crippen LogP contribution in [-0.2, 0) is 11.2 Å². The van der Waals surface area contributed by atoms with Gasteiger partial charge in [-0.2, -0.15) is 4.68 Å². The van der Waals surface area contributed by atoms with Crippen molar-refractivity contribution < 1.29 is 4.79 Å². The van der Waals surface area contributed by atoms with E-state index in [1.54, 1.807) is 19.1 Å². The van der Waals surface area contributed by atoms with E-state index in [2.05, 4.69) is 31.3 Å². The minimum Gasteiger partial charge on any atom is -0.326 e. The molecule has 0 unspecified atom stereocenters. The predicted octanol–water partition coefficient (Wildman–Crippen LogP) is 3.18. The Hall–Kier alpha value is -2.19. The average molecular weight is 407 g/mol. The largest absolute Gasteiger partial charge is 0.326 e. The van der Waals surface area contributed by atoms with Crippen LogP contribution in [0.3, 0.4) is 0 Å². The van der Waals surface area contributed by atoms with E-state index in [-0.39, 0.29) is 17.9 Å². The first-order chi connectivity index (χ1) is 11.4. The van der Waals surface area contributed by atoms with Gasteiger partial charge in [0.05, 0.1) is 12.1 Å². The zero-order valence-corrected chi connectivity index (χ0v) is 15.5. The quantitative estimate of drug-likeness (QED) is 0.697. The first-order valence-corrected chi connectivity index (χ1v) is 8.89. The Bertz CT molecular complexity index is 940. The van der Waals surface area contributed by atoms with Crippen LogP contribution < -0.4 is 10.9 Å². The number of nitrogens with zero attached hydrogens (tertiary/aromatic N) is 2. The van der Waals surface area contributed by atoms with Crippen LogP contribution in [0.25, 0.3) is 5.13 Å². The third kappa shape index (κ3) is 3.49. The van der Waals surface area contributed by atoms with Crippen LogP contribution in [0.1, 0.15) is 17.0 Å². The number of H-pyrrole nitrogens is 1. The normalized spacial score (nSPS) is 10.8. The number of amides is 1. The van der Waals surface area contributed by atoms with Gasteiger partial charge in [-0.25, -0.2) is 4.98 Å². The highest BCUT2D eigenvalue weighted by molar-refractivity contribution is 9.10. The zero-order valence-electron chi connectivity index (χ0n) is 13.1. The van der Waals surface area contributed by atoms with Crippen LogP contribution in [0, 0.1) is 13.8 Å². The van der Waals surface area contributed by atoms with Crippen LogP contribution in [0.5, 0.6) is 0 Å². The van der Waals surface area contributed by atoms with Gasteiger partial charge in [-0.15, -0.1) is 11.3 Å². The molecule has 0 spiro atoms. The number of halogens is 1. The minimum atomic E-state index is -0.243. The van der Waals surface area contributed by atoms with E-state index in [4.69, 9.17) is 0 Å². The lowest BCUT2D eigenvalue weighted by molar-refractivity contribution is -0.115. The Morgan fingerprint density at radius 2 is 2.04 bits per heavy atom. The highest BCUT2D eigenvalue weighted by Gasteiger charge is 2.17. The number of aromatic nitrogens is 3. The second kappa shape index (κ2) is 6.74. The summed E-state index contributed by atoms with van der Waals surface area (Å²) >= 11 is 4.72. The van der Waals surface area contributed by atoms with Gasteiger partial charge in [-0.3, -0.25) is 14.7 Å². The van der Waals surface area contributed by atoms with Crippen molar-refractivity contribution >= 4 is 38.9 Å². The van der Waals surface area contributed by atoms with Crippen molar-refractivity contribution in [3.05, 3.63) is 61.4 Å². The van der Waals surface area contributed by atoms with Crippen molar-refractivity contribution in [1.82, 2.24) is 14.8 Å². The zero-order chi connectivity index (χ0) is 17.3. The molecule has 0 aliphatic rings. The maximum Gasteiger partial charge on any atom is 0.277 e. The second-order valence-electron chi connectivity index (χ2n) is 5.36. The summed E-state index contributed by atoms with van der Waals surface area (Å²) in [4.78, 5) is 29.1. The third-order valence-electron chi connectivity index (χ3n) is 3.46. The van der Waals surface area contributed by atoms with Crippen molar-refractivity contribution in [2.24, 2.45) is 0 Å². The van der Waals surface area contributed by atoms with Crippen molar-refractivity contribution in [1.29, 1.82) is 0 Å². The molecule has 124 valence electrons. The monoisotopic (exact) mass is 406 g/mol. The van der Waals surface area contributed by atoms with Gasteiger partial charge in [0.2, 0.25) is 11.0 Å². The summed E-state index contributed by atoms with van der Waals surface area (Å²) in [5.74, 6) is -0.237. The molecule has 0 saturated heterocycles. The molecular weight excluding hydrogens is 392 g/mol. The SMILES string of the molecule is Cc1csc(-n2[nH]c(C)c(CC(=O)Nc3ccc(Br)cc3)c2=O)n1. The van der Waals surface area contributed by atoms with Crippen LogP contribution in [-0.4, -0.2) is 20.7 Å². The van der Waals surface area contributed by atoms with Gasteiger partial charge < -0.3 is 5.32 Å². The Labute approximate surface area is 150 Å². The lowest BCUT2D eigenvalue weighted by Gasteiger charge is -2.04. The molecule has 0 fully saturated rings. The van der Waals surface area contributed by atoms with Gasteiger partial charge in [0.15, 0.2) is 0 Å². The van der Waals surface area contributed by atoms with Crippen LogP contribution in [0.15, 0.2) is 38.9 Å². The molecular formula is C16H15BrN4O2S. The Kier molecular flexibility index (Phi) is 4.68. The number of aryl methyl sites for hydroxylation is 2. The minimum absolute atomic E-state index is 0.00852. The van der Waals surface area contributed by atoms with Gasteiger partial charge in [-0.1, -0.05) is 15.9 Å². The lowest BCUT2D eigenvalue weighted by Crippen LogP contribution is -2.22. The molecule has 6 nitrogen and oxygen atoms in total. The molecule has 1 aromatic carbocycles. The Balaban J connectivity index is 1.80. The van der Waals surface area contributed by atoms with Gasteiger partial charge in [0.1, 0.15) is 0 Å². The highest BCUT2D eigenvalue weighted by Crippen LogP contribution is 2.15. The Morgan fingerprint density at radius 1 is 1.33 bits per heavy atom. The molecule has 0 saturated carbocycles. The summed E-state index contributed by atoms with van der Waals surface area (Å²) in [5, 5.41) is 8.22. The maximum atomic E-state index is 12.5. The number of hydrogen-bond acceptors (Lipinski definition) is 4. The van der Waals surface area contributed by atoms with Crippen molar-refractivity contribution in [2.45, 2.75) is 20.3 Å². The molecule has 8 heteroatoms. The number of hydrogen-bond donors (Lipinski definition) is 2. The first-order valence-electron chi connectivity index (χ1n) is 7.22. The lowest BCUT2D eigenvalue weighted by atomic mass is 10.2. The van der Waals surface area contributed by atoms with Gasteiger partial charge in [-0.05, 0) is 38.1 Å². The summed E-state index contributed by atoms with van der Waals surface area (Å²) < 4.78 is 2.32. The molecule has 0 bridgehead atoms. The van der Waals surface area contributed by atoms with E-state index in [9.17, 15) is 9.59 Å². The average Bonchev–Trinajstić information content (AvgIpc) is 3.08. The molecule has 2 heterocycles. The predicted molar refractivity (Wildman–Crippen MR) is 98.0 cm³/mol. The van der Waals surface area contributed by atoms with Crippen LogP contribution >= 0.6 is 27.3 Å². The highest BCUT2D eigenvalue weighted by atomic mass is 79.9. The van der Waals surface area contributed by atoms with E-state index in [0.717, 1.165) is 10.2 Å². The fourth-order valence-corrected chi connectivity index (χ4v) is 3.29. The summed E-state index contributed by atoms with van der Waals surface area (Å²) in [7, 11) is 0. The first kappa shape index (κ1) is 16.7. The topological polar surface area (TPSA) is 79.8 Å². The molecule has 0 radical (unpaired) electrons. The second-order valence-corrected chi connectivity index (χ2v) is 7.11. The molecule has 0 aliphatic heterocycles. The number of aromatic amines is 1. The molecule has 3 aromatic rings. The number of anilines is 1. The number of rotatable bonds is 4. The molecule has 24 heavy (non-hydrogen) atoms. The van der Waals surface area contributed by atoms with E-state index >= 15 is 0 Å². The fraction of sp³-hybridized carbons (Fsp3) is 0.188. The Morgan fingerprint density at radius 3 is 2.67 bits per heavy atom. The van der Waals surface area contributed by atoms with Gasteiger partial charge in [0.25, 0.3) is 5.56 Å². The molecule has 2 N–H and O–H groups in total.